The molecule has 1 amide bonds. The van der Waals surface area contributed by atoms with Crippen molar-refractivity contribution in [2.45, 2.75) is 0 Å². The van der Waals surface area contributed by atoms with E-state index >= 15 is 0 Å². The van der Waals surface area contributed by atoms with Gasteiger partial charge in [0.2, 0.25) is 5.91 Å². The SMILES string of the molecule is COc1ccc(/C=C/C(=O)N(C)C)s1. The molecule has 1 aromatic rings. The summed E-state index contributed by atoms with van der Waals surface area (Å²) in [5.41, 5.74) is 0. The molecule has 0 atom stereocenters. The van der Waals surface area contributed by atoms with Crippen LogP contribution in [0.2, 0.25) is 0 Å². The zero-order valence-corrected chi connectivity index (χ0v) is 9.30. The van der Waals surface area contributed by atoms with Gasteiger partial charge in [0, 0.05) is 25.0 Å². The summed E-state index contributed by atoms with van der Waals surface area (Å²) in [6, 6.07) is 3.80. The largest absolute Gasteiger partial charge is 0.487 e. The Morgan fingerprint density at radius 2 is 2.21 bits per heavy atom. The summed E-state index contributed by atoms with van der Waals surface area (Å²) in [6.45, 7) is 0. The lowest BCUT2D eigenvalue weighted by atomic mass is 10.4. The maximum atomic E-state index is 11.2. The first kappa shape index (κ1) is 10.8. The van der Waals surface area contributed by atoms with Crippen molar-refractivity contribution in [2.24, 2.45) is 0 Å². The van der Waals surface area contributed by atoms with Crippen LogP contribution in [0, 0.1) is 0 Å². The van der Waals surface area contributed by atoms with Crippen molar-refractivity contribution in [2.75, 3.05) is 21.2 Å². The number of carbonyl (C=O) groups is 1. The van der Waals surface area contributed by atoms with E-state index in [-0.39, 0.29) is 5.91 Å². The molecule has 0 aliphatic rings. The van der Waals surface area contributed by atoms with E-state index in [1.807, 2.05) is 12.1 Å². The van der Waals surface area contributed by atoms with Crippen molar-refractivity contribution >= 4 is 23.3 Å². The van der Waals surface area contributed by atoms with Crippen LogP contribution >= 0.6 is 11.3 Å². The minimum atomic E-state index is -0.0163. The highest BCUT2D eigenvalue weighted by Crippen LogP contribution is 2.24. The third-order valence-electron chi connectivity index (χ3n) is 1.63. The number of thiophene rings is 1. The van der Waals surface area contributed by atoms with Crippen molar-refractivity contribution in [3.8, 4) is 5.06 Å². The maximum Gasteiger partial charge on any atom is 0.246 e. The minimum absolute atomic E-state index is 0.0163. The van der Waals surface area contributed by atoms with Crippen molar-refractivity contribution < 1.29 is 9.53 Å². The second kappa shape index (κ2) is 4.81. The molecule has 0 aliphatic heterocycles. The summed E-state index contributed by atoms with van der Waals surface area (Å²) in [5.74, 6) is -0.0163. The lowest BCUT2D eigenvalue weighted by Gasteiger charge is -2.04. The van der Waals surface area contributed by atoms with Crippen LogP contribution in [0.25, 0.3) is 6.08 Å². The fourth-order valence-corrected chi connectivity index (χ4v) is 1.56. The van der Waals surface area contributed by atoms with Crippen LogP contribution in [0.1, 0.15) is 4.88 Å². The molecule has 0 unspecified atom stereocenters. The first-order chi connectivity index (χ1) is 6.63. The zero-order chi connectivity index (χ0) is 10.6. The van der Waals surface area contributed by atoms with Gasteiger partial charge in [-0.25, -0.2) is 0 Å². The number of ether oxygens (including phenoxy) is 1. The van der Waals surface area contributed by atoms with Gasteiger partial charge in [-0.1, -0.05) is 11.3 Å². The lowest BCUT2D eigenvalue weighted by Crippen LogP contribution is -2.18. The van der Waals surface area contributed by atoms with Crippen LogP contribution in [0.3, 0.4) is 0 Å². The molecule has 0 aliphatic carbocycles. The minimum Gasteiger partial charge on any atom is -0.487 e. The van der Waals surface area contributed by atoms with Gasteiger partial charge in [-0.3, -0.25) is 4.79 Å². The fraction of sp³-hybridized carbons (Fsp3) is 0.300. The molecule has 0 radical (unpaired) electrons. The number of likely N-dealkylation sites (N-methyl/N-ethyl adjacent to an activating group) is 1. The van der Waals surface area contributed by atoms with Gasteiger partial charge in [0.15, 0.2) is 5.06 Å². The number of carbonyl (C=O) groups excluding carboxylic acids is 1. The van der Waals surface area contributed by atoms with Gasteiger partial charge < -0.3 is 9.64 Å². The smallest absolute Gasteiger partial charge is 0.246 e. The van der Waals surface area contributed by atoms with Crippen molar-refractivity contribution in [1.29, 1.82) is 0 Å². The van der Waals surface area contributed by atoms with Gasteiger partial charge in [-0.05, 0) is 18.2 Å². The van der Waals surface area contributed by atoms with Gasteiger partial charge in [0.05, 0.1) is 7.11 Å². The van der Waals surface area contributed by atoms with Crippen molar-refractivity contribution in [3.63, 3.8) is 0 Å². The second-order valence-electron chi connectivity index (χ2n) is 2.93. The number of rotatable bonds is 3. The van der Waals surface area contributed by atoms with E-state index in [1.165, 1.54) is 16.2 Å². The molecule has 0 saturated carbocycles. The average molecular weight is 211 g/mol. The van der Waals surface area contributed by atoms with Crippen LogP contribution in [-0.2, 0) is 4.79 Å². The fourth-order valence-electron chi connectivity index (χ4n) is 0.836. The molecule has 0 aromatic carbocycles. The number of nitrogens with zero attached hydrogens (tertiary/aromatic N) is 1. The summed E-state index contributed by atoms with van der Waals surface area (Å²) in [7, 11) is 5.08. The van der Waals surface area contributed by atoms with Crippen molar-refractivity contribution in [3.05, 3.63) is 23.1 Å². The zero-order valence-electron chi connectivity index (χ0n) is 8.48. The molecule has 1 aromatic heterocycles. The number of methoxy groups -OCH3 is 1. The molecule has 4 heteroatoms. The summed E-state index contributed by atoms with van der Waals surface area (Å²) in [5, 5.41) is 0.849. The molecular weight excluding hydrogens is 198 g/mol. The molecular formula is C10H13NO2S. The Bertz CT molecular complexity index is 342. The highest BCUT2D eigenvalue weighted by molar-refractivity contribution is 7.14. The Morgan fingerprint density at radius 3 is 2.71 bits per heavy atom. The van der Waals surface area contributed by atoms with Crippen molar-refractivity contribution in [1.82, 2.24) is 4.90 Å². The average Bonchev–Trinajstić information content (AvgIpc) is 2.61. The van der Waals surface area contributed by atoms with Crippen LogP contribution in [0.5, 0.6) is 5.06 Å². The standard InChI is InChI=1S/C10H13NO2S/c1-11(2)9(12)6-4-8-5-7-10(13-3)14-8/h4-7H,1-3H3/b6-4+. The van der Waals surface area contributed by atoms with Gasteiger partial charge >= 0.3 is 0 Å². The Balaban J connectivity index is 2.64. The highest BCUT2D eigenvalue weighted by atomic mass is 32.1. The highest BCUT2D eigenvalue weighted by Gasteiger charge is 1.99. The molecule has 76 valence electrons. The third-order valence-corrected chi connectivity index (χ3v) is 2.65. The predicted octanol–water partition coefficient (Wildman–Crippen LogP) is 1.86. The molecule has 0 saturated heterocycles. The van der Waals surface area contributed by atoms with E-state index in [2.05, 4.69) is 0 Å². The Kier molecular flexibility index (Phi) is 3.71. The number of hydrogen-bond acceptors (Lipinski definition) is 3. The molecule has 0 spiro atoms. The molecule has 1 heterocycles. The first-order valence-corrected chi connectivity index (χ1v) is 4.98. The Labute approximate surface area is 87.6 Å². The topological polar surface area (TPSA) is 29.5 Å². The number of hydrogen-bond donors (Lipinski definition) is 0. The van der Waals surface area contributed by atoms with Gasteiger partial charge in [-0.15, -0.1) is 0 Å². The Morgan fingerprint density at radius 1 is 1.50 bits per heavy atom. The summed E-state index contributed by atoms with van der Waals surface area (Å²) in [6.07, 6.45) is 3.33. The van der Waals surface area contributed by atoms with Gasteiger partial charge in [0.1, 0.15) is 0 Å². The van der Waals surface area contributed by atoms with E-state index in [4.69, 9.17) is 4.74 Å². The normalized spacial score (nSPS) is 10.5. The summed E-state index contributed by atoms with van der Waals surface area (Å²) < 4.78 is 5.04. The summed E-state index contributed by atoms with van der Waals surface area (Å²) >= 11 is 1.51. The van der Waals surface area contributed by atoms with E-state index in [0.29, 0.717) is 0 Å². The van der Waals surface area contributed by atoms with E-state index < -0.39 is 0 Å². The van der Waals surface area contributed by atoms with Crippen LogP contribution in [0.4, 0.5) is 0 Å². The Hall–Kier alpha value is -1.29. The quantitative estimate of drug-likeness (QED) is 0.714. The molecule has 0 fully saturated rings. The maximum absolute atomic E-state index is 11.2. The third kappa shape index (κ3) is 2.88. The molecule has 14 heavy (non-hydrogen) atoms. The first-order valence-electron chi connectivity index (χ1n) is 4.16. The van der Waals surface area contributed by atoms with Crippen LogP contribution in [0.15, 0.2) is 18.2 Å². The molecule has 0 N–H and O–H groups in total. The second-order valence-corrected chi connectivity index (χ2v) is 4.00. The van der Waals surface area contributed by atoms with Gasteiger partial charge in [-0.2, -0.15) is 0 Å². The molecule has 1 rings (SSSR count). The monoisotopic (exact) mass is 211 g/mol. The lowest BCUT2D eigenvalue weighted by molar-refractivity contribution is -0.123. The van der Waals surface area contributed by atoms with E-state index in [0.717, 1.165) is 9.94 Å². The number of amides is 1. The van der Waals surface area contributed by atoms with E-state index in [1.54, 1.807) is 33.4 Å². The van der Waals surface area contributed by atoms with E-state index in [9.17, 15) is 4.79 Å². The van der Waals surface area contributed by atoms with Crippen LogP contribution < -0.4 is 4.74 Å². The molecule has 3 nitrogen and oxygen atoms in total. The van der Waals surface area contributed by atoms with Gasteiger partial charge in [0.25, 0.3) is 0 Å². The summed E-state index contributed by atoms with van der Waals surface area (Å²) in [4.78, 5) is 13.7. The van der Waals surface area contributed by atoms with Crippen LogP contribution in [-0.4, -0.2) is 32.0 Å². The predicted molar refractivity (Wildman–Crippen MR) is 58.6 cm³/mol. The molecule has 0 bridgehead atoms.